The first-order valence-electron chi connectivity index (χ1n) is 6.56. The number of benzene rings is 1. The van der Waals surface area contributed by atoms with Crippen LogP contribution in [0.4, 0.5) is 0 Å². The van der Waals surface area contributed by atoms with Gasteiger partial charge in [0.05, 0.1) is 5.41 Å². The summed E-state index contributed by atoms with van der Waals surface area (Å²) in [5, 5.41) is 9.51. The Balaban J connectivity index is 1.92. The highest BCUT2D eigenvalue weighted by atomic mass is 16.4. The van der Waals surface area contributed by atoms with Crippen molar-refractivity contribution < 1.29 is 9.90 Å². The first kappa shape index (κ1) is 10.8. The molecule has 17 heavy (non-hydrogen) atoms. The van der Waals surface area contributed by atoms with Gasteiger partial charge in [-0.3, -0.25) is 4.79 Å². The molecule has 0 heterocycles. The average molecular weight is 230 g/mol. The normalized spacial score (nSPS) is 22.6. The molecule has 0 aliphatic heterocycles. The third-order valence-electron chi connectivity index (χ3n) is 4.38. The maximum atomic E-state index is 11.6. The van der Waals surface area contributed by atoms with Crippen molar-refractivity contribution in [2.24, 2.45) is 0 Å². The smallest absolute Gasteiger partial charge is 0.314 e. The van der Waals surface area contributed by atoms with Crippen molar-refractivity contribution in [3.63, 3.8) is 0 Å². The molecular weight excluding hydrogens is 212 g/mol. The molecule has 2 aliphatic rings. The van der Waals surface area contributed by atoms with E-state index in [2.05, 4.69) is 12.1 Å². The molecule has 0 aromatic heterocycles. The third-order valence-corrected chi connectivity index (χ3v) is 4.38. The van der Waals surface area contributed by atoms with Gasteiger partial charge in [-0.25, -0.2) is 0 Å². The van der Waals surface area contributed by atoms with E-state index in [0.717, 1.165) is 37.2 Å². The van der Waals surface area contributed by atoms with Crippen LogP contribution in [0.15, 0.2) is 24.3 Å². The molecule has 0 saturated heterocycles. The van der Waals surface area contributed by atoms with Gasteiger partial charge in [0.2, 0.25) is 0 Å². The predicted octanol–water partition coefficient (Wildman–Crippen LogP) is 3.46. The van der Waals surface area contributed by atoms with Gasteiger partial charge in [0.1, 0.15) is 0 Å². The van der Waals surface area contributed by atoms with Crippen LogP contribution in [-0.4, -0.2) is 11.1 Å². The van der Waals surface area contributed by atoms with Gasteiger partial charge in [-0.05, 0) is 42.7 Å². The summed E-state index contributed by atoms with van der Waals surface area (Å²) in [6.07, 6.45) is 6.26. The Bertz CT molecular complexity index is 423. The van der Waals surface area contributed by atoms with E-state index < -0.39 is 11.4 Å². The van der Waals surface area contributed by atoms with Gasteiger partial charge in [-0.1, -0.05) is 37.1 Å². The van der Waals surface area contributed by atoms with Gasteiger partial charge in [-0.2, -0.15) is 0 Å². The fourth-order valence-electron chi connectivity index (χ4n) is 3.10. The topological polar surface area (TPSA) is 37.3 Å². The lowest BCUT2D eigenvalue weighted by Crippen LogP contribution is -2.32. The summed E-state index contributed by atoms with van der Waals surface area (Å²) < 4.78 is 0. The van der Waals surface area contributed by atoms with Gasteiger partial charge in [0.25, 0.3) is 0 Å². The highest BCUT2D eigenvalue weighted by Crippen LogP contribution is 2.44. The monoisotopic (exact) mass is 230 g/mol. The molecule has 3 rings (SSSR count). The maximum Gasteiger partial charge on any atom is 0.314 e. The Morgan fingerprint density at radius 2 is 1.71 bits per heavy atom. The largest absolute Gasteiger partial charge is 0.481 e. The minimum absolute atomic E-state index is 0.595. The number of carbonyl (C=O) groups is 1. The Morgan fingerprint density at radius 1 is 1.12 bits per heavy atom. The SMILES string of the molecule is O=C(O)C1(c2ccc(C3CC3)cc2)CCCC1. The second-order valence-corrected chi connectivity index (χ2v) is 5.49. The predicted molar refractivity (Wildman–Crippen MR) is 66.2 cm³/mol. The van der Waals surface area contributed by atoms with E-state index in [4.69, 9.17) is 0 Å². The van der Waals surface area contributed by atoms with Crippen LogP contribution in [0.3, 0.4) is 0 Å². The molecule has 1 N–H and O–H groups in total. The highest BCUT2D eigenvalue weighted by molar-refractivity contribution is 5.81. The Kier molecular flexibility index (Phi) is 2.46. The van der Waals surface area contributed by atoms with Crippen LogP contribution in [-0.2, 0) is 10.2 Å². The summed E-state index contributed by atoms with van der Waals surface area (Å²) in [6.45, 7) is 0. The number of rotatable bonds is 3. The Labute approximate surface area is 102 Å². The van der Waals surface area contributed by atoms with Crippen LogP contribution in [0.1, 0.15) is 55.6 Å². The summed E-state index contributed by atoms with van der Waals surface area (Å²) in [5.74, 6) is 0.0996. The molecule has 0 spiro atoms. The van der Waals surface area contributed by atoms with Crippen molar-refractivity contribution in [2.45, 2.75) is 49.9 Å². The number of carboxylic acid groups (broad SMARTS) is 1. The van der Waals surface area contributed by atoms with Crippen molar-refractivity contribution in [3.8, 4) is 0 Å². The lowest BCUT2D eigenvalue weighted by molar-refractivity contribution is -0.143. The van der Waals surface area contributed by atoms with E-state index in [1.807, 2.05) is 12.1 Å². The summed E-state index contributed by atoms with van der Waals surface area (Å²) in [4.78, 5) is 11.6. The third kappa shape index (κ3) is 1.76. The molecule has 0 unspecified atom stereocenters. The number of aliphatic carboxylic acids is 1. The van der Waals surface area contributed by atoms with Gasteiger partial charge in [0, 0.05) is 0 Å². The highest BCUT2D eigenvalue weighted by Gasteiger charge is 2.42. The van der Waals surface area contributed by atoms with Crippen molar-refractivity contribution in [1.29, 1.82) is 0 Å². The Hall–Kier alpha value is -1.31. The van der Waals surface area contributed by atoms with Gasteiger partial charge in [-0.15, -0.1) is 0 Å². The van der Waals surface area contributed by atoms with E-state index in [1.165, 1.54) is 18.4 Å². The van der Waals surface area contributed by atoms with E-state index in [9.17, 15) is 9.90 Å². The van der Waals surface area contributed by atoms with Crippen LogP contribution in [0.5, 0.6) is 0 Å². The molecule has 0 amide bonds. The molecule has 0 bridgehead atoms. The quantitative estimate of drug-likeness (QED) is 0.863. The summed E-state index contributed by atoms with van der Waals surface area (Å²) in [5.41, 5.74) is 1.79. The van der Waals surface area contributed by atoms with E-state index >= 15 is 0 Å². The molecule has 2 fully saturated rings. The molecule has 0 radical (unpaired) electrons. The molecule has 1 aromatic carbocycles. The van der Waals surface area contributed by atoms with Gasteiger partial charge < -0.3 is 5.11 Å². The standard InChI is InChI=1S/C15H18O2/c16-14(17)15(9-1-2-10-15)13-7-5-12(6-8-13)11-3-4-11/h5-8,11H,1-4,9-10H2,(H,16,17). The van der Waals surface area contributed by atoms with Gasteiger partial charge in [0.15, 0.2) is 0 Å². The zero-order chi connectivity index (χ0) is 11.9. The molecule has 2 heteroatoms. The van der Waals surface area contributed by atoms with E-state index in [-0.39, 0.29) is 0 Å². The van der Waals surface area contributed by atoms with Gasteiger partial charge >= 0.3 is 5.97 Å². The first-order valence-corrected chi connectivity index (χ1v) is 6.56. The Morgan fingerprint density at radius 3 is 2.18 bits per heavy atom. The molecule has 2 saturated carbocycles. The van der Waals surface area contributed by atoms with Crippen molar-refractivity contribution in [1.82, 2.24) is 0 Å². The number of hydrogen-bond acceptors (Lipinski definition) is 1. The lowest BCUT2D eigenvalue weighted by Gasteiger charge is -2.24. The van der Waals surface area contributed by atoms with Crippen molar-refractivity contribution >= 4 is 5.97 Å². The average Bonchev–Trinajstić information content (AvgIpc) is 3.06. The molecule has 1 aromatic rings. The zero-order valence-corrected chi connectivity index (χ0v) is 9.98. The summed E-state index contributed by atoms with van der Waals surface area (Å²) in [7, 11) is 0. The molecule has 2 aliphatic carbocycles. The summed E-state index contributed by atoms with van der Waals surface area (Å²) in [6, 6.07) is 8.37. The summed E-state index contributed by atoms with van der Waals surface area (Å²) >= 11 is 0. The number of hydrogen-bond donors (Lipinski definition) is 1. The maximum absolute atomic E-state index is 11.6. The lowest BCUT2D eigenvalue weighted by atomic mass is 9.78. The second-order valence-electron chi connectivity index (χ2n) is 5.49. The van der Waals surface area contributed by atoms with E-state index in [1.54, 1.807) is 0 Å². The minimum atomic E-state index is -0.644. The number of carboxylic acids is 1. The van der Waals surface area contributed by atoms with E-state index in [0.29, 0.717) is 0 Å². The molecular formula is C15H18O2. The fourth-order valence-corrected chi connectivity index (χ4v) is 3.10. The van der Waals surface area contributed by atoms with Crippen LogP contribution in [0.25, 0.3) is 0 Å². The van der Waals surface area contributed by atoms with Crippen molar-refractivity contribution in [3.05, 3.63) is 35.4 Å². The van der Waals surface area contributed by atoms with Crippen LogP contribution >= 0.6 is 0 Å². The minimum Gasteiger partial charge on any atom is -0.481 e. The zero-order valence-electron chi connectivity index (χ0n) is 9.98. The fraction of sp³-hybridized carbons (Fsp3) is 0.533. The molecule has 90 valence electrons. The van der Waals surface area contributed by atoms with Crippen molar-refractivity contribution in [2.75, 3.05) is 0 Å². The van der Waals surface area contributed by atoms with Crippen LogP contribution in [0, 0.1) is 0 Å². The van der Waals surface area contributed by atoms with Crippen LogP contribution < -0.4 is 0 Å². The second kappa shape index (κ2) is 3.86. The first-order chi connectivity index (χ1) is 8.22. The molecule has 0 atom stereocenters. The van der Waals surface area contributed by atoms with Crippen LogP contribution in [0.2, 0.25) is 0 Å². The molecule has 2 nitrogen and oxygen atoms in total.